The van der Waals surface area contributed by atoms with Crippen LogP contribution < -0.4 is 16.0 Å². The van der Waals surface area contributed by atoms with Gasteiger partial charge in [-0.05, 0) is 61.8 Å². The molecule has 4 saturated heterocycles. The summed E-state index contributed by atoms with van der Waals surface area (Å²) < 4.78 is 5.56. The minimum atomic E-state index is -0.644. The standard InChI is InChI=1S/C36H46N6O5/c43-33-18-25-8-4-5-9-26(25)21-37-34(44)31-19-28(38-27-12-16-47-17-13-27)22-41(31)30-10-14-40(15-11-30)36(46)32-20-29(39-33)23-42(32)35(45)24-6-2-1-3-7-24/h1-9,27-32,38H,10-23H2,(H,37,44)(H,39,43)/t28-,29+,31-,32-/m0/s1. The van der Waals surface area contributed by atoms with Crippen LogP contribution in [0.4, 0.5) is 0 Å². The summed E-state index contributed by atoms with van der Waals surface area (Å²) in [6.07, 6.45) is 4.74. The largest absolute Gasteiger partial charge is 0.381 e. The highest BCUT2D eigenvalue weighted by Crippen LogP contribution is 2.30. The summed E-state index contributed by atoms with van der Waals surface area (Å²) in [5.74, 6) is -0.418. The van der Waals surface area contributed by atoms with E-state index in [0.717, 1.165) is 63.0 Å². The predicted octanol–water partition coefficient (Wildman–Crippen LogP) is 1.46. The Hall–Kier alpha value is -3.80. The normalized spacial score (nSPS) is 29.4. The highest BCUT2D eigenvalue weighted by molar-refractivity contribution is 5.98. The van der Waals surface area contributed by atoms with Gasteiger partial charge in [-0.15, -0.1) is 0 Å². The molecule has 47 heavy (non-hydrogen) atoms. The van der Waals surface area contributed by atoms with Crippen molar-refractivity contribution < 1.29 is 23.9 Å². The minimum absolute atomic E-state index is 0.00765. The molecule has 0 aromatic heterocycles. The zero-order valence-corrected chi connectivity index (χ0v) is 26.9. The summed E-state index contributed by atoms with van der Waals surface area (Å²) >= 11 is 0. The number of rotatable bonds is 3. The van der Waals surface area contributed by atoms with Crippen LogP contribution >= 0.6 is 0 Å². The van der Waals surface area contributed by atoms with E-state index in [0.29, 0.717) is 37.7 Å². The van der Waals surface area contributed by atoms with E-state index in [1.54, 1.807) is 17.0 Å². The first-order valence-electron chi connectivity index (χ1n) is 17.3. The maximum atomic E-state index is 14.1. The zero-order valence-electron chi connectivity index (χ0n) is 26.9. The lowest BCUT2D eigenvalue weighted by Gasteiger charge is -2.40. The van der Waals surface area contributed by atoms with Crippen molar-refractivity contribution >= 4 is 23.6 Å². The molecule has 11 heteroatoms. The lowest BCUT2D eigenvalue weighted by Crippen LogP contribution is -2.54. The molecule has 4 atom stereocenters. The number of fused-ring (bicyclic) bond motifs is 6. The number of amides is 4. The smallest absolute Gasteiger partial charge is 0.254 e. The maximum Gasteiger partial charge on any atom is 0.254 e. The molecule has 0 saturated carbocycles. The Kier molecular flexibility index (Phi) is 9.55. The molecule has 8 rings (SSSR count). The molecule has 2 aromatic carbocycles. The SMILES string of the molecule is O=C1Cc2ccccc2CNC(=O)[C@@H]2C[C@H](NC3CCOCC3)CN2C2CCN(CC2)C(=O)[C@@H]2C[C@H](CN2C(=O)c2ccccc2)N1. The molecule has 2 aromatic rings. The second kappa shape index (κ2) is 14.1. The van der Waals surface area contributed by atoms with E-state index in [2.05, 4.69) is 20.9 Å². The average molecular weight is 643 g/mol. The summed E-state index contributed by atoms with van der Waals surface area (Å²) in [4.78, 5) is 61.0. The first-order chi connectivity index (χ1) is 22.9. The van der Waals surface area contributed by atoms with Crippen molar-refractivity contribution in [3.8, 4) is 0 Å². The first-order valence-corrected chi connectivity index (χ1v) is 17.3. The number of nitrogens with one attached hydrogen (secondary N) is 3. The van der Waals surface area contributed by atoms with Crippen LogP contribution in [0.1, 0.15) is 60.0 Å². The van der Waals surface area contributed by atoms with E-state index < -0.39 is 6.04 Å². The highest BCUT2D eigenvalue weighted by Gasteiger charge is 2.45. The average Bonchev–Trinajstić information content (AvgIpc) is 3.72. The van der Waals surface area contributed by atoms with Crippen molar-refractivity contribution in [2.45, 2.75) is 87.7 Å². The lowest BCUT2D eigenvalue weighted by molar-refractivity contribution is -0.137. The molecular weight excluding hydrogens is 596 g/mol. The van der Waals surface area contributed by atoms with Gasteiger partial charge < -0.3 is 30.5 Å². The van der Waals surface area contributed by atoms with Crippen molar-refractivity contribution in [1.29, 1.82) is 0 Å². The third-order valence-electron chi connectivity index (χ3n) is 10.7. The number of carbonyl (C=O) groups excluding carboxylic acids is 4. The van der Waals surface area contributed by atoms with Crippen molar-refractivity contribution in [1.82, 2.24) is 30.7 Å². The molecule has 6 aliphatic heterocycles. The van der Waals surface area contributed by atoms with Crippen molar-refractivity contribution in [3.63, 3.8) is 0 Å². The second-order valence-electron chi connectivity index (χ2n) is 13.8. The van der Waals surface area contributed by atoms with Crippen LogP contribution in [0, 0.1) is 0 Å². The van der Waals surface area contributed by atoms with Gasteiger partial charge in [0.25, 0.3) is 5.91 Å². The van der Waals surface area contributed by atoms with Gasteiger partial charge in [-0.2, -0.15) is 0 Å². The molecule has 4 fully saturated rings. The predicted molar refractivity (Wildman–Crippen MR) is 175 cm³/mol. The van der Waals surface area contributed by atoms with Gasteiger partial charge in [0.1, 0.15) is 6.04 Å². The Labute approximate surface area is 276 Å². The van der Waals surface area contributed by atoms with Gasteiger partial charge in [0.05, 0.1) is 12.5 Å². The number of hydrogen-bond donors (Lipinski definition) is 3. The molecule has 250 valence electrons. The van der Waals surface area contributed by atoms with Gasteiger partial charge in [-0.3, -0.25) is 24.1 Å². The Morgan fingerprint density at radius 3 is 2.30 bits per heavy atom. The fourth-order valence-electron chi connectivity index (χ4n) is 8.27. The number of nitrogens with zero attached hydrogens (tertiary/aromatic N) is 3. The number of piperidine rings is 1. The van der Waals surface area contributed by atoms with E-state index >= 15 is 0 Å². The van der Waals surface area contributed by atoms with Gasteiger partial charge in [0.2, 0.25) is 17.7 Å². The Balaban J connectivity index is 1.15. The van der Waals surface area contributed by atoms with Crippen LogP contribution in [0.2, 0.25) is 0 Å². The van der Waals surface area contributed by atoms with Gasteiger partial charge >= 0.3 is 0 Å². The Bertz CT molecular complexity index is 1460. The van der Waals surface area contributed by atoms with E-state index in [9.17, 15) is 19.2 Å². The Morgan fingerprint density at radius 2 is 1.53 bits per heavy atom. The topological polar surface area (TPSA) is 123 Å². The number of carbonyl (C=O) groups is 4. The maximum absolute atomic E-state index is 14.1. The van der Waals surface area contributed by atoms with E-state index in [-0.39, 0.29) is 60.8 Å². The molecule has 6 aliphatic rings. The van der Waals surface area contributed by atoms with Crippen LogP contribution in [0.25, 0.3) is 0 Å². The summed E-state index contributed by atoms with van der Waals surface area (Å²) in [6, 6.07) is 16.3. The van der Waals surface area contributed by atoms with Crippen LogP contribution in [-0.2, 0) is 32.1 Å². The van der Waals surface area contributed by atoms with Gasteiger partial charge in [0, 0.05) is 75.7 Å². The van der Waals surface area contributed by atoms with Gasteiger partial charge in [-0.1, -0.05) is 42.5 Å². The van der Waals surface area contributed by atoms with Crippen LogP contribution in [0.5, 0.6) is 0 Å². The third-order valence-corrected chi connectivity index (χ3v) is 10.7. The van der Waals surface area contributed by atoms with Crippen molar-refractivity contribution in [2.75, 3.05) is 39.4 Å². The molecule has 0 spiro atoms. The first kappa shape index (κ1) is 31.8. The van der Waals surface area contributed by atoms with Gasteiger partial charge in [0.15, 0.2) is 0 Å². The number of likely N-dealkylation sites (tertiary alicyclic amines) is 1. The molecule has 11 nitrogen and oxygen atoms in total. The van der Waals surface area contributed by atoms with E-state index in [1.165, 1.54) is 0 Å². The van der Waals surface area contributed by atoms with Gasteiger partial charge in [-0.25, -0.2) is 0 Å². The highest BCUT2D eigenvalue weighted by atomic mass is 16.5. The number of benzene rings is 2. The fraction of sp³-hybridized carbons (Fsp3) is 0.556. The van der Waals surface area contributed by atoms with Crippen molar-refractivity contribution in [3.05, 3.63) is 71.3 Å². The molecule has 0 aliphatic carbocycles. The van der Waals surface area contributed by atoms with E-state index in [1.807, 2.05) is 47.4 Å². The van der Waals surface area contributed by atoms with Crippen LogP contribution in [-0.4, -0.2) is 114 Å². The minimum Gasteiger partial charge on any atom is -0.381 e. The molecule has 0 radical (unpaired) electrons. The van der Waals surface area contributed by atoms with Crippen LogP contribution in [0.3, 0.4) is 0 Å². The molecule has 3 N–H and O–H groups in total. The summed E-state index contributed by atoms with van der Waals surface area (Å²) in [5, 5.41) is 10.2. The van der Waals surface area contributed by atoms with Crippen LogP contribution in [0.15, 0.2) is 54.6 Å². The molecule has 6 heterocycles. The summed E-state index contributed by atoms with van der Waals surface area (Å²) in [5.41, 5.74) is 2.29. The second-order valence-corrected chi connectivity index (χ2v) is 13.8. The summed E-state index contributed by atoms with van der Waals surface area (Å²) in [7, 11) is 0. The van der Waals surface area contributed by atoms with Crippen molar-refractivity contribution in [2.24, 2.45) is 0 Å². The fourth-order valence-corrected chi connectivity index (χ4v) is 8.27. The third kappa shape index (κ3) is 7.07. The molecular formula is C36H46N6O5. The van der Waals surface area contributed by atoms with E-state index in [4.69, 9.17) is 4.74 Å². The molecule has 0 unspecified atom stereocenters. The number of ether oxygens (including phenoxy) is 1. The number of hydrogen-bond acceptors (Lipinski definition) is 7. The molecule has 4 bridgehead atoms. The molecule has 4 amide bonds. The lowest BCUT2D eigenvalue weighted by atomic mass is 10.00. The monoisotopic (exact) mass is 642 g/mol. The zero-order chi connectivity index (χ0) is 32.3. The Morgan fingerprint density at radius 1 is 0.809 bits per heavy atom. The summed E-state index contributed by atoms with van der Waals surface area (Å²) in [6.45, 7) is 4.08. The quantitative estimate of drug-likeness (QED) is 0.464.